The third-order valence-corrected chi connectivity index (χ3v) is 3.63. The molecule has 0 fully saturated rings. The molecule has 0 saturated carbocycles. The van der Waals surface area contributed by atoms with Gasteiger partial charge < -0.3 is 0 Å². The van der Waals surface area contributed by atoms with E-state index >= 15 is 0 Å². The normalized spacial score (nSPS) is 11.3. The first-order valence-electron chi connectivity index (χ1n) is 6.76. The molecule has 0 amide bonds. The minimum Gasteiger partial charge on any atom is -0.165 e. The molecule has 0 N–H and O–H groups in total. The number of hydrogen-bond donors (Lipinski definition) is 0. The molecule has 0 nitrogen and oxygen atoms in total. The Morgan fingerprint density at radius 2 is 1.67 bits per heavy atom. The van der Waals surface area contributed by atoms with Crippen molar-refractivity contribution in [2.75, 3.05) is 0 Å². The molecular formula is C17H23Li. The van der Waals surface area contributed by atoms with E-state index in [1.54, 1.807) is 0 Å². The molecule has 1 heteroatoms. The van der Waals surface area contributed by atoms with Gasteiger partial charge in [0.1, 0.15) is 0 Å². The Labute approximate surface area is 123 Å². The number of rotatable bonds is 3. The summed E-state index contributed by atoms with van der Waals surface area (Å²) in [5.41, 5.74) is 4.43. The maximum absolute atomic E-state index is 2.40. The molecule has 0 aliphatic rings. The molecule has 0 spiro atoms. The molecule has 0 radical (unpaired) electrons. The van der Waals surface area contributed by atoms with Crippen molar-refractivity contribution >= 4 is 10.8 Å². The van der Waals surface area contributed by atoms with Crippen LogP contribution in [-0.2, 0) is 6.42 Å². The zero-order chi connectivity index (χ0) is 12.6. The van der Waals surface area contributed by atoms with Gasteiger partial charge in [-0.15, -0.1) is 28.5 Å². The fourth-order valence-electron chi connectivity index (χ4n) is 2.45. The summed E-state index contributed by atoms with van der Waals surface area (Å²) < 4.78 is 0. The van der Waals surface area contributed by atoms with Gasteiger partial charge in [-0.05, 0) is 18.3 Å². The van der Waals surface area contributed by atoms with Crippen molar-refractivity contribution in [1.29, 1.82) is 0 Å². The van der Waals surface area contributed by atoms with Crippen LogP contribution >= 0.6 is 0 Å². The molecule has 0 heterocycles. The zero-order valence-electron chi connectivity index (χ0n) is 12.7. The molecular weight excluding hydrogens is 211 g/mol. The van der Waals surface area contributed by atoms with Crippen LogP contribution in [0.5, 0.6) is 0 Å². The van der Waals surface area contributed by atoms with Gasteiger partial charge in [0.05, 0.1) is 0 Å². The van der Waals surface area contributed by atoms with Crippen molar-refractivity contribution in [3.05, 3.63) is 41.0 Å². The molecule has 92 valence electrons. The molecule has 0 aliphatic heterocycles. The van der Waals surface area contributed by atoms with Crippen molar-refractivity contribution < 1.29 is 18.9 Å². The van der Waals surface area contributed by atoms with Crippen LogP contribution in [0.2, 0.25) is 0 Å². The molecule has 2 aromatic carbocycles. The fourth-order valence-corrected chi connectivity index (χ4v) is 2.45. The van der Waals surface area contributed by atoms with Crippen LogP contribution in [0.3, 0.4) is 0 Å². The topological polar surface area (TPSA) is 0 Å². The van der Waals surface area contributed by atoms with Crippen molar-refractivity contribution in [3.63, 3.8) is 0 Å². The largest absolute Gasteiger partial charge is 1.00 e. The van der Waals surface area contributed by atoms with E-state index < -0.39 is 0 Å². The van der Waals surface area contributed by atoms with E-state index in [1.165, 1.54) is 27.5 Å². The van der Waals surface area contributed by atoms with E-state index in [0.29, 0.717) is 11.8 Å². The Kier molecular flexibility index (Phi) is 5.20. The summed E-state index contributed by atoms with van der Waals surface area (Å²) in [5, 5.41) is 2.89. The Morgan fingerprint density at radius 1 is 1.00 bits per heavy atom. The van der Waals surface area contributed by atoms with Crippen LogP contribution in [-0.4, -0.2) is 0 Å². The Bertz CT molecular complexity index is 518. The molecule has 0 bridgehead atoms. The molecule has 0 saturated heterocycles. The molecule has 0 unspecified atom stereocenters. The number of hydrogen-bond acceptors (Lipinski definition) is 0. The SMILES string of the molecule is CCc1cc2c(C(C)C)cc(C(C)C)cc2[cH-]1.[Li+]. The number of aryl methyl sites for hydroxylation is 1. The predicted molar refractivity (Wildman–Crippen MR) is 77.1 cm³/mol. The second-order valence-corrected chi connectivity index (χ2v) is 5.64. The second kappa shape index (κ2) is 6.05. The standard InChI is InChI=1S/C17H23.Li/c1-6-13-7-15-9-14(11(2)3)10-16(12(4)5)17(15)8-13;/h7-12H,6H2,1-5H3;/q-1;+1. The van der Waals surface area contributed by atoms with E-state index in [9.17, 15) is 0 Å². The first kappa shape index (κ1) is 15.5. The Hall–Kier alpha value is -0.573. The van der Waals surface area contributed by atoms with Gasteiger partial charge in [-0.1, -0.05) is 51.8 Å². The van der Waals surface area contributed by atoms with E-state index in [0.717, 1.165) is 6.42 Å². The third-order valence-electron chi connectivity index (χ3n) is 3.63. The van der Waals surface area contributed by atoms with Gasteiger partial charge in [0, 0.05) is 0 Å². The maximum Gasteiger partial charge on any atom is 1.00 e. The Morgan fingerprint density at radius 3 is 2.17 bits per heavy atom. The van der Waals surface area contributed by atoms with Crippen LogP contribution in [0.1, 0.15) is 63.1 Å². The smallest absolute Gasteiger partial charge is 0.165 e. The first-order chi connectivity index (χ1) is 8.02. The van der Waals surface area contributed by atoms with E-state index in [4.69, 9.17) is 0 Å². The minimum atomic E-state index is 0. The summed E-state index contributed by atoms with van der Waals surface area (Å²) in [6.07, 6.45) is 1.13. The average Bonchev–Trinajstić information content (AvgIpc) is 2.69. The quantitative estimate of drug-likeness (QED) is 0.565. The van der Waals surface area contributed by atoms with Crippen molar-refractivity contribution in [1.82, 2.24) is 0 Å². The van der Waals surface area contributed by atoms with E-state index in [1.807, 2.05) is 0 Å². The molecule has 0 aliphatic carbocycles. The zero-order valence-corrected chi connectivity index (χ0v) is 12.7. The predicted octanol–water partition coefficient (Wildman–Crippen LogP) is 2.37. The van der Waals surface area contributed by atoms with Crippen LogP contribution in [0.15, 0.2) is 24.3 Å². The van der Waals surface area contributed by atoms with Crippen LogP contribution in [0.4, 0.5) is 0 Å². The van der Waals surface area contributed by atoms with E-state index in [2.05, 4.69) is 58.9 Å². The van der Waals surface area contributed by atoms with Gasteiger partial charge in [0.25, 0.3) is 0 Å². The van der Waals surface area contributed by atoms with Crippen molar-refractivity contribution in [2.24, 2.45) is 0 Å². The summed E-state index contributed by atoms with van der Waals surface area (Å²) in [4.78, 5) is 0. The van der Waals surface area contributed by atoms with Gasteiger partial charge >= 0.3 is 18.9 Å². The van der Waals surface area contributed by atoms with Gasteiger partial charge in [-0.2, -0.15) is 6.07 Å². The molecule has 2 aromatic rings. The van der Waals surface area contributed by atoms with Crippen LogP contribution in [0.25, 0.3) is 10.8 Å². The summed E-state index contributed by atoms with van der Waals surface area (Å²) >= 11 is 0. The Balaban J connectivity index is 0.00000162. The third kappa shape index (κ3) is 2.87. The number of benzene rings is 1. The van der Waals surface area contributed by atoms with Gasteiger partial charge in [0.15, 0.2) is 0 Å². The van der Waals surface area contributed by atoms with Crippen molar-refractivity contribution in [2.45, 2.75) is 52.9 Å². The average molecular weight is 234 g/mol. The molecule has 18 heavy (non-hydrogen) atoms. The summed E-state index contributed by atoms with van der Waals surface area (Å²) in [6.45, 7) is 11.4. The first-order valence-corrected chi connectivity index (χ1v) is 6.76. The minimum absolute atomic E-state index is 0. The maximum atomic E-state index is 2.40. The van der Waals surface area contributed by atoms with Crippen molar-refractivity contribution in [3.8, 4) is 0 Å². The van der Waals surface area contributed by atoms with E-state index in [-0.39, 0.29) is 18.9 Å². The van der Waals surface area contributed by atoms with Gasteiger partial charge in [0.2, 0.25) is 0 Å². The summed E-state index contributed by atoms with van der Waals surface area (Å²) in [7, 11) is 0. The molecule has 2 rings (SSSR count). The van der Waals surface area contributed by atoms with Gasteiger partial charge in [-0.25, -0.2) is 0 Å². The monoisotopic (exact) mass is 234 g/mol. The van der Waals surface area contributed by atoms with Gasteiger partial charge in [-0.3, -0.25) is 0 Å². The second-order valence-electron chi connectivity index (χ2n) is 5.64. The van der Waals surface area contributed by atoms with Crippen LogP contribution in [0, 0.1) is 0 Å². The molecule has 0 atom stereocenters. The van der Waals surface area contributed by atoms with Crippen LogP contribution < -0.4 is 18.9 Å². The fraction of sp³-hybridized carbons (Fsp3) is 0.471. The molecule has 0 aromatic heterocycles. The number of fused-ring (bicyclic) bond motifs is 1. The summed E-state index contributed by atoms with van der Waals surface area (Å²) in [5.74, 6) is 1.21. The summed E-state index contributed by atoms with van der Waals surface area (Å²) in [6, 6.07) is 9.49.